The highest BCUT2D eigenvalue weighted by Crippen LogP contribution is 2.18. The summed E-state index contributed by atoms with van der Waals surface area (Å²) in [6, 6.07) is 15.8. The number of benzene rings is 2. The summed E-state index contributed by atoms with van der Waals surface area (Å²) in [5, 5.41) is 9.05. The first-order chi connectivity index (χ1) is 13.6. The Labute approximate surface area is 169 Å². The maximum Gasteiger partial charge on any atom is 0.230 e. The lowest BCUT2D eigenvalue weighted by Gasteiger charge is -2.11. The molecular weight excluding hydrogens is 370 g/mol. The van der Waals surface area contributed by atoms with Crippen molar-refractivity contribution in [3.63, 3.8) is 0 Å². The molecule has 6 heteroatoms. The molecule has 0 aliphatic rings. The summed E-state index contributed by atoms with van der Waals surface area (Å²) in [7, 11) is 0. The van der Waals surface area contributed by atoms with Crippen LogP contribution in [0.25, 0.3) is 0 Å². The number of rotatable bonds is 9. The van der Waals surface area contributed by atoms with Gasteiger partial charge < -0.3 is 15.4 Å². The Bertz CT molecular complexity index is 906. The molecule has 0 radical (unpaired) electrons. The summed E-state index contributed by atoms with van der Waals surface area (Å²) < 4.78 is 5.75. The Morgan fingerprint density at radius 2 is 1.93 bits per heavy atom. The lowest BCUT2D eigenvalue weighted by molar-refractivity contribution is -0.115. The van der Waals surface area contributed by atoms with Crippen LogP contribution in [-0.4, -0.2) is 17.4 Å². The number of carbonyl (C=O) groups is 1. The van der Waals surface area contributed by atoms with Gasteiger partial charge in [-0.2, -0.15) is 0 Å². The Hall–Kier alpha value is -2.70. The van der Waals surface area contributed by atoms with Crippen LogP contribution in [-0.2, 0) is 24.4 Å². The van der Waals surface area contributed by atoms with Crippen molar-refractivity contribution >= 4 is 22.9 Å². The average Bonchev–Trinajstić information content (AvgIpc) is 3.14. The smallest absolute Gasteiger partial charge is 0.230 e. The molecule has 3 rings (SSSR count). The zero-order chi connectivity index (χ0) is 19.8. The maximum atomic E-state index is 12.4. The van der Waals surface area contributed by atoms with Crippen LogP contribution < -0.4 is 15.4 Å². The highest BCUT2D eigenvalue weighted by Gasteiger charge is 2.10. The molecule has 5 nitrogen and oxygen atoms in total. The van der Waals surface area contributed by atoms with Crippen molar-refractivity contribution < 1.29 is 9.53 Å². The van der Waals surface area contributed by atoms with Gasteiger partial charge in [-0.15, -0.1) is 11.3 Å². The third-order valence-corrected chi connectivity index (χ3v) is 5.05. The van der Waals surface area contributed by atoms with Gasteiger partial charge in [-0.1, -0.05) is 42.8 Å². The number of thiazole rings is 1. The minimum absolute atomic E-state index is 0.0692. The number of aromatic nitrogens is 1. The summed E-state index contributed by atoms with van der Waals surface area (Å²) >= 11 is 1.51. The predicted octanol–water partition coefficient (Wildman–Crippen LogP) is 4.32. The topological polar surface area (TPSA) is 63.2 Å². The third kappa shape index (κ3) is 5.90. The molecule has 1 aromatic heterocycles. The molecule has 0 saturated heterocycles. The highest BCUT2D eigenvalue weighted by atomic mass is 32.1. The quantitative estimate of drug-likeness (QED) is 0.566. The van der Waals surface area contributed by atoms with Gasteiger partial charge in [0.25, 0.3) is 0 Å². The molecule has 0 spiro atoms. The molecule has 2 aromatic carbocycles. The normalized spacial score (nSPS) is 10.6. The van der Waals surface area contributed by atoms with Gasteiger partial charge in [-0.25, -0.2) is 4.98 Å². The molecule has 0 saturated carbocycles. The summed E-state index contributed by atoms with van der Waals surface area (Å²) in [4.78, 5) is 16.9. The van der Waals surface area contributed by atoms with Gasteiger partial charge in [0.2, 0.25) is 5.91 Å². The molecule has 0 aliphatic carbocycles. The van der Waals surface area contributed by atoms with E-state index in [0.29, 0.717) is 6.61 Å². The largest absolute Gasteiger partial charge is 0.486 e. The zero-order valence-electron chi connectivity index (χ0n) is 16.2. The number of ether oxygens (including phenoxy) is 1. The van der Waals surface area contributed by atoms with E-state index in [4.69, 9.17) is 4.74 Å². The summed E-state index contributed by atoms with van der Waals surface area (Å²) in [6.45, 7) is 6.11. The molecule has 28 heavy (non-hydrogen) atoms. The first-order valence-electron chi connectivity index (χ1n) is 9.35. The van der Waals surface area contributed by atoms with Crippen molar-refractivity contribution in [1.29, 1.82) is 0 Å². The van der Waals surface area contributed by atoms with Gasteiger partial charge >= 0.3 is 0 Å². The van der Waals surface area contributed by atoms with E-state index in [1.807, 2.05) is 60.8 Å². The number of nitrogens with one attached hydrogen (secondary N) is 2. The van der Waals surface area contributed by atoms with E-state index < -0.39 is 0 Å². The predicted molar refractivity (Wildman–Crippen MR) is 114 cm³/mol. The molecule has 0 atom stereocenters. The van der Waals surface area contributed by atoms with E-state index in [2.05, 4.69) is 22.5 Å². The van der Waals surface area contributed by atoms with E-state index in [1.165, 1.54) is 16.9 Å². The molecule has 0 bridgehead atoms. The second-order valence-electron chi connectivity index (χ2n) is 6.50. The second-order valence-corrected chi connectivity index (χ2v) is 7.44. The van der Waals surface area contributed by atoms with Crippen molar-refractivity contribution in [3.8, 4) is 5.75 Å². The fourth-order valence-electron chi connectivity index (χ4n) is 2.69. The monoisotopic (exact) mass is 395 g/mol. The number of aryl methyl sites for hydroxylation is 1. The van der Waals surface area contributed by atoms with Crippen molar-refractivity contribution in [3.05, 3.63) is 75.7 Å². The van der Waals surface area contributed by atoms with Gasteiger partial charge in [0.1, 0.15) is 17.4 Å². The van der Waals surface area contributed by atoms with Crippen LogP contribution in [0.4, 0.5) is 5.69 Å². The summed E-state index contributed by atoms with van der Waals surface area (Å²) in [6.07, 6.45) is 0.247. The number of anilines is 1. The number of amides is 1. The van der Waals surface area contributed by atoms with Crippen molar-refractivity contribution in [2.45, 2.75) is 33.4 Å². The molecule has 2 N–H and O–H groups in total. The molecule has 3 aromatic rings. The molecule has 1 amide bonds. The zero-order valence-corrected chi connectivity index (χ0v) is 17.0. The van der Waals surface area contributed by atoms with Gasteiger partial charge in [0.15, 0.2) is 0 Å². The lowest BCUT2D eigenvalue weighted by atomic mass is 10.1. The Morgan fingerprint density at radius 3 is 2.71 bits per heavy atom. The first-order valence-corrected chi connectivity index (χ1v) is 10.2. The minimum Gasteiger partial charge on any atom is -0.486 e. The number of hydrogen-bond donors (Lipinski definition) is 2. The van der Waals surface area contributed by atoms with E-state index in [1.54, 1.807) is 0 Å². The summed E-state index contributed by atoms with van der Waals surface area (Å²) in [5.74, 6) is 0.748. The van der Waals surface area contributed by atoms with Gasteiger partial charge in [-0.3, -0.25) is 4.79 Å². The number of para-hydroxylation sites is 1. The third-order valence-electron chi connectivity index (χ3n) is 4.18. The van der Waals surface area contributed by atoms with Crippen molar-refractivity contribution in [1.82, 2.24) is 10.3 Å². The Morgan fingerprint density at radius 1 is 1.14 bits per heavy atom. The van der Waals surface area contributed by atoms with Crippen LogP contribution in [0.3, 0.4) is 0 Å². The van der Waals surface area contributed by atoms with Crippen LogP contribution in [0.15, 0.2) is 53.9 Å². The van der Waals surface area contributed by atoms with Crippen LogP contribution in [0.5, 0.6) is 5.75 Å². The van der Waals surface area contributed by atoms with Crippen molar-refractivity contribution in [2.75, 3.05) is 11.9 Å². The standard InChI is InChI=1S/C22H25N3O2S/c1-3-23-13-17-6-4-5-7-20(17)25-21(26)12-18-15-28-22(24-18)14-27-19-10-8-16(2)9-11-19/h4-11,15,23H,3,12-14H2,1-2H3,(H,25,26). The highest BCUT2D eigenvalue weighted by molar-refractivity contribution is 7.09. The van der Waals surface area contributed by atoms with E-state index in [-0.39, 0.29) is 12.3 Å². The van der Waals surface area contributed by atoms with E-state index in [9.17, 15) is 4.79 Å². The lowest BCUT2D eigenvalue weighted by Crippen LogP contribution is -2.18. The van der Waals surface area contributed by atoms with Crippen LogP contribution in [0.2, 0.25) is 0 Å². The van der Waals surface area contributed by atoms with Crippen molar-refractivity contribution in [2.24, 2.45) is 0 Å². The van der Waals surface area contributed by atoms with Gasteiger partial charge in [0, 0.05) is 17.6 Å². The van der Waals surface area contributed by atoms with Crippen LogP contribution in [0.1, 0.15) is 28.8 Å². The van der Waals surface area contributed by atoms with E-state index in [0.717, 1.165) is 40.8 Å². The SMILES string of the molecule is CCNCc1ccccc1NC(=O)Cc1csc(COc2ccc(C)cc2)n1. The maximum absolute atomic E-state index is 12.4. The fourth-order valence-corrected chi connectivity index (χ4v) is 3.40. The minimum atomic E-state index is -0.0692. The first kappa shape index (κ1) is 20.0. The Kier molecular flexibility index (Phi) is 7.17. The molecule has 1 heterocycles. The molecular formula is C22H25N3O2S. The fraction of sp³-hybridized carbons (Fsp3) is 0.273. The number of hydrogen-bond acceptors (Lipinski definition) is 5. The van der Waals surface area contributed by atoms with E-state index >= 15 is 0 Å². The Balaban J connectivity index is 1.53. The molecule has 0 aliphatic heterocycles. The number of nitrogens with zero attached hydrogens (tertiary/aromatic N) is 1. The average molecular weight is 396 g/mol. The molecule has 0 unspecified atom stereocenters. The van der Waals surface area contributed by atoms with Crippen LogP contribution >= 0.6 is 11.3 Å². The number of carbonyl (C=O) groups excluding carboxylic acids is 1. The summed E-state index contributed by atoms with van der Waals surface area (Å²) in [5.41, 5.74) is 3.87. The van der Waals surface area contributed by atoms with Gasteiger partial charge in [-0.05, 0) is 37.2 Å². The molecule has 0 fully saturated rings. The van der Waals surface area contributed by atoms with Gasteiger partial charge in [0.05, 0.1) is 12.1 Å². The van der Waals surface area contributed by atoms with Crippen LogP contribution in [0, 0.1) is 6.92 Å². The molecule has 146 valence electrons. The second kappa shape index (κ2) is 10.0.